The fourth-order valence-electron chi connectivity index (χ4n) is 2.06. The average molecular weight is 338 g/mol. The second-order valence-corrected chi connectivity index (χ2v) is 8.48. The van der Waals surface area contributed by atoms with Gasteiger partial charge in [0.25, 0.3) is 0 Å². The van der Waals surface area contributed by atoms with Gasteiger partial charge in [-0.3, -0.25) is 10.1 Å². The predicted molar refractivity (Wildman–Crippen MR) is 70.4 cm³/mol. The molecule has 116 valence electrons. The Hall–Kier alpha value is -1.59. The Kier molecular flexibility index (Phi) is 4.00. The number of sulfone groups is 1. The van der Waals surface area contributed by atoms with E-state index in [2.05, 4.69) is 4.72 Å². The molecule has 0 saturated carbocycles. The van der Waals surface area contributed by atoms with Crippen LogP contribution < -0.4 is 4.72 Å². The highest BCUT2D eigenvalue weighted by atomic mass is 32.2. The zero-order valence-electron chi connectivity index (χ0n) is 10.5. The zero-order chi connectivity index (χ0) is 15.8. The second kappa shape index (κ2) is 5.31. The van der Waals surface area contributed by atoms with Crippen LogP contribution in [-0.4, -0.2) is 39.3 Å². The summed E-state index contributed by atoms with van der Waals surface area (Å²) in [7, 11) is -7.71. The number of hydrogen-bond donors (Lipinski definition) is 1. The van der Waals surface area contributed by atoms with Crippen molar-refractivity contribution >= 4 is 25.5 Å². The van der Waals surface area contributed by atoms with Crippen LogP contribution in [0.1, 0.15) is 6.42 Å². The summed E-state index contributed by atoms with van der Waals surface area (Å²) in [6.07, 6.45) is 0.0741. The third-order valence-electron chi connectivity index (χ3n) is 2.98. The summed E-state index contributed by atoms with van der Waals surface area (Å²) >= 11 is 0. The van der Waals surface area contributed by atoms with Crippen LogP contribution in [0.5, 0.6) is 0 Å². The molecule has 2 rings (SSSR count). The number of nitro benzene ring substituents is 1. The normalized spacial score (nSPS) is 21.3. The maximum Gasteiger partial charge on any atom is 0.324 e. The van der Waals surface area contributed by atoms with E-state index in [0.717, 1.165) is 18.2 Å². The minimum absolute atomic E-state index is 0.0741. The van der Waals surface area contributed by atoms with E-state index in [9.17, 15) is 31.3 Å². The van der Waals surface area contributed by atoms with E-state index in [1.54, 1.807) is 0 Å². The molecule has 1 N–H and O–H groups in total. The molecule has 1 atom stereocenters. The smallest absolute Gasteiger partial charge is 0.258 e. The lowest BCUT2D eigenvalue weighted by Crippen LogP contribution is -2.36. The van der Waals surface area contributed by atoms with E-state index in [0.29, 0.717) is 0 Å². The SMILES string of the molecule is O=[N+]([O-])c1c(F)cccc1S(=O)(=O)NC1CCS(=O)(=O)C1. The lowest BCUT2D eigenvalue weighted by molar-refractivity contribution is -0.390. The minimum Gasteiger partial charge on any atom is -0.258 e. The van der Waals surface area contributed by atoms with Gasteiger partial charge in [0.1, 0.15) is 0 Å². The average Bonchev–Trinajstić information content (AvgIpc) is 2.67. The molecular formula is C10H11FN2O6S2. The van der Waals surface area contributed by atoms with Gasteiger partial charge in [-0.2, -0.15) is 4.39 Å². The van der Waals surface area contributed by atoms with Gasteiger partial charge in [0.05, 0.1) is 16.4 Å². The Morgan fingerprint density at radius 2 is 2.05 bits per heavy atom. The topological polar surface area (TPSA) is 123 Å². The van der Waals surface area contributed by atoms with E-state index in [1.807, 2.05) is 0 Å². The Morgan fingerprint density at radius 3 is 2.57 bits per heavy atom. The number of halogens is 1. The van der Waals surface area contributed by atoms with Crippen molar-refractivity contribution in [1.82, 2.24) is 4.72 Å². The lowest BCUT2D eigenvalue weighted by Gasteiger charge is -2.11. The predicted octanol–water partition coefficient (Wildman–Crippen LogP) is 0.199. The summed E-state index contributed by atoms with van der Waals surface area (Å²) in [6.45, 7) is 0. The van der Waals surface area contributed by atoms with Gasteiger partial charge in [-0.1, -0.05) is 6.07 Å². The van der Waals surface area contributed by atoms with Crippen LogP contribution in [0.15, 0.2) is 23.1 Å². The van der Waals surface area contributed by atoms with Crippen LogP contribution in [0.2, 0.25) is 0 Å². The van der Waals surface area contributed by atoms with E-state index >= 15 is 0 Å². The quantitative estimate of drug-likeness (QED) is 0.618. The first-order valence-corrected chi connectivity index (χ1v) is 9.08. The standard InChI is InChI=1S/C10H11FN2O6S2/c11-8-2-1-3-9(10(8)13(14)15)21(18,19)12-7-4-5-20(16,17)6-7/h1-3,7,12H,4-6H2. The van der Waals surface area contributed by atoms with Crippen molar-refractivity contribution in [2.75, 3.05) is 11.5 Å². The van der Waals surface area contributed by atoms with Gasteiger partial charge in [0.15, 0.2) is 14.7 Å². The van der Waals surface area contributed by atoms with Crippen LogP contribution >= 0.6 is 0 Å². The highest BCUT2D eigenvalue weighted by Gasteiger charge is 2.35. The number of sulfonamides is 1. The summed E-state index contributed by atoms with van der Waals surface area (Å²) in [6, 6.07) is 1.83. The first-order valence-electron chi connectivity index (χ1n) is 5.78. The maximum absolute atomic E-state index is 13.4. The van der Waals surface area contributed by atoms with Gasteiger partial charge in [0, 0.05) is 6.04 Å². The monoisotopic (exact) mass is 338 g/mol. The highest BCUT2D eigenvalue weighted by molar-refractivity contribution is 7.92. The van der Waals surface area contributed by atoms with E-state index in [-0.39, 0.29) is 17.9 Å². The third-order valence-corrected chi connectivity index (χ3v) is 6.30. The van der Waals surface area contributed by atoms with Crippen LogP contribution in [0, 0.1) is 15.9 Å². The van der Waals surface area contributed by atoms with Crippen molar-refractivity contribution in [2.45, 2.75) is 17.4 Å². The van der Waals surface area contributed by atoms with Crippen molar-refractivity contribution in [3.8, 4) is 0 Å². The van der Waals surface area contributed by atoms with Gasteiger partial charge in [-0.25, -0.2) is 21.6 Å². The largest absolute Gasteiger partial charge is 0.324 e. The molecule has 1 fully saturated rings. The Labute approximate surface area is 120 Å². The van der Waals surface area contributed by atoms with Gasteiger partial charge in [-0.15, -0.1) is 0 Å². The van der Waals surface area contributed by atoms with Crippen LogP contribution in [-0.2, 0) is 19.9 Å². The Morgan fingerprint density at radius 1 is 1.38 bits per heavy atom. The number of para-hydroxylation sites is 1. The number of nitrogens with zero attached hydrogens (tertiary/aromatic N) is 1. The molecule has 1 aromatic carbocycles. The summed E-state index contributed by atoms with van der Waals surface area (Å²) in [4.78, 5) is 8.85. The number of nitrogens with one attached hydrogen (secondary N) is 1. The Bertz CT molecular complexity index is 790. The van der Waals surface area contributed by atoms with Crippen molar-refractivity contribution in [1.29, 1.82) is 0 Å². The summed E-state index contributed by atoms with van der Waals surface area (Å²) in [5.41, 5.74) is -1.16. The first-order chi connectivity index (χ1) is 9.62. The fourth-order valence-corrected chi connectivity index (χ4v) is 5.29. The summed E-state index contributed by atoms with van der Waals surface area (Å²) in [5, 5.41) is 10.8. The molecule has 0 spiro atoms. The van der Waals surface area contributed by atoms with E-state index in [4.69, 9.17) is 0 Å². The minimum atomic E-state index is -4.39. The molecule has 0 bridgehead atoms. The van der Waals surface area contributed by atoms with Crippen molar-refractivity contribution in [2.24, 2.45) is 0 Å². The molecule has 21 heavy (non-hydrogen) atoms. The molecule has 0 aromatic heterocycles. The van der Waals surface area contributed by atoms with Gasteiger partial charge < -0.3 is 0 Å². The van der Waals surface area contributed by atoms with Gasteiger partial charge >= 0.3 is 5.69 Å². The molecule has 1 saturated heterocycles. The number of nitro groups is 1. The third kappa shape index (κ3) is 3.36. The van der Waals surface area contributed by atoms with Crippen LogP contribution in [0.3, 0.4) is 0 Å². The number of rotatable bonds is 4. The molecule has 11 heteroatoms. The molecule has 1 unspecified atom stereocenters. The second-order valence-electron chi connectivity index (χ2n) is 4.56. The highest BCUT2D eigenvalue weighted by Crippen LogP contribution is 2.27. The fraction of sp³-hybridized carbons (Fsp3) is 0.400. The number of hydrogen-bond acceptors (Lipinski definition) is 6. The molecule has 8 nitrogen and oxygen atoms in total. The molecule has 1 heterocycles. The van der Waals surface area contributed by atoms with E-state index in [1.165, 1.54) is 0 Å². The molecular weight excluding hydrogens is 327 g/mol. The van der Waals surface area contributed by atoms with Crippen molar-refractivity contribution in [3.63, 3.8) is 0 Å². The summed E-state index contributed by atoms with van der Waals surface area (Å²) in [5.74, 6) is -1.82. The van der Waals surface area contributed by atoms with Crippen molar-refractivity contribution in [3.05, 3.63) is 34.1 Å². The van der Waals surface area contributed by atoms with Crippen LogP contribution in [0.4, 0.5) is 10.1 Å². The molecule has 0 amide bonds. The first kappa shape index (κ1) is 15.8. The molecule has 1 aliphatic rings. The molecule has 1 aromatic rings. The lowest BCUT2D eigenvalue weighted by atomic mass is 10.3. The summed E-state index contributed by atoms with van der Waals surface area (Å²) < 4.78 is 62.3. The Balaban J connectivity index is 2.37. The zero-order valence-corrected chi connectivity index (χ0v) is 12.2. The van der Waals surface area contributed by atoms with E-state index < -0.39 is 47.2 Å². The van der Waals surface area contributed by atoms with Gasteiger partial charge in [0.2, 0.25) is 15.8 Å². The van der Waals surface area contributed by atoms with Gasteiger partial charge in [-0.05, 0) is 18.6 Å². The molecule has 1 aliphatic heterocycles. The molecule has 0 radical (unpaired) electrons. The molecule has 0 aliphatic carbocycles. The van der Waals surface area contributed by atoms with Crippen molar-refractivity contribution < 1.29 is 26.1 Å². The maximum atomic E-state index is 13.4. The van der Waals surface area contributed by atoms with Crippen LogP contribution in [0.25, 0.3) is 0 Å². The number of benzene rings is 1.